The van der Waals surface area contributed by atoms with E-state index in [-0.39, 0.29) is 11.6 Å². The number of hydrogen-bond donors (Lipinski definition) is 3. The van der Waals surface area contributed by atoms with Gasteiger partial charge in [-0.2, -0.15) is 5.10 Å². The smallest absolute Gasteiger partial charge is 0.271 e. The second-order valence-corrected chi connectivity index (χ2v) is 3.46. The predicted octanol–water partition coefficient (Wildman–Crippen LogP) is -0.611. The summed E-state index contributed by atoms with van der Waals surface area (Å²) < 4.78 is 1.73. The predicted molar refractivity (Wildman–Crippen MR) is 64.4 cm³/mol. The number of aromatic nitrogens is 4. The Kier molecular flexibility index (Phi) is 3.82. The zero-order valence-electron chi connectivity index (χ0n) is 9.58. The molecule has 4 N–H and O–H groups in total. The zero-order chi connectivity index (χ0) is 12.8. The molecule has 2 rings (SSSR count). The molecule has 0 spiro atoms. The molecule has 0 aliphatic rings. The molecule has 0 aliphatic carbocycles. The molecule has 8 heteroatoms. The van der Waals surface area contributed by atoms with Gasteiger partial charge in [-0.3, -0.25) is 9.48 Å². The number of nitrogens with one attached hydrogen (secondary N) is 2. The van der Waals surface area contributed by atoms with Gasteiger partial charge in [-0.25, -0.2) is 15.8 Å². The van der Waals surface area contributed by atoms with E-state index in [0.717, 1.165) is 0 Å². The standard InChI is InChI=1S/C10H13N7O/c11-16-9-7-13-8(6-14-9)10(18)12-3-5-17-4-1-2-15-17/h1-2,4,6-7H,3,5,11H2,(H,12,18)(H,14,16). The number of carbonyl (C=O) groups excluding carboxylic acids is 1. The summed E-state index contributed by atoms with van der Waals surface area (Å²) >= 11 is 0. The van der Waals surface area contributed by atoms with Crippen LogP contribution in [0.4, 0.5) is 5.82 Å². The molecule has 0 saturated carbocycles. The number of hydrazine groups is 1. The number of rotatable bonds is 5. The van der Waals surface area contributed by atoms with E-state index in [1.165, 1.54) is 12.4 Å². The average Bonchev–Trinajstić information content (AvgIpc) is 2.92. The fraction of sp³-hybridized carbons (Fsp3) is 0.200. The molecule has 1 amide bonds. The third-order valence-corrected chi connectivity index (χ3v) is 2.22. The minimum atomic E-state index is -0.279. The van der Waals surface area contributed by atoms with E-state index in [9.17, 15) is 4.79 Å². The van der Waals surface area contributed by atoms with Gasteiger partial charge in [0.2, 0.25) is 0 Å². The van der Waals surface area contributed by atoms with Gasteiger partial charge >= 0.3 is 0 Å². The lowest BCUT2D eigenvalue weighted by molar-refractivity contribution is 0.0946. The summed E-state index contributed by atoms with van der Waals surface area (Å²) in [5.74, 6) is 5.27. The van der Waals surface area contributed by atoms with E-state index in [0.29, 0.717) is 18.9 Å². The Morgan fingerprint density at radius 3 is 2.89 bits per heavy atom. The lowest BCUT2D eigenvalue weighted by Crippen LogP contribution is -2.28. The largest absolute Gasteiger partial charge is 0.349 e. The quantitative estimate of drug-likeness (QED) is 0.480. The van der Waals surface area contributed by atoms with Crippen LogP contribution in [-0.4, -0.2) is 32.2 Å². The average molecular weight is 247 g/mol. The maximum Gasteiger partial charge on any atom is 0.271 e. The Balaban J connectivity index is 1.83. The molecule has 0 fully saturated rings. The summed E-state index contributed by atoms with van der Waals surface area (Å²) in [7, 11) is 0. The monoisotopic (exact) mass is 247 g/mol. The Morgan fingerprint density at radius 1 is 1.39 bits per heavy atom. The summed E-state index contributed by atoms with van der Waals surface area (Å²) in [6.07, 6.45) is 6.26. The van der Waals surface area contributed by atoms with Crippen LogP contribution in [0.2, 0.25) is 0 Å². The second-order valence-electron chi connectivity index (χ2n) is 3.46. The number of amides is 1. The van der Waals surface area contributed by atoms with Crippen molar-refractivity contribution in [2.45, 2.75) is 6.54 Å². The Hall–Kier alpha value is -2.48. The lowest BCUT2D eigenvalue weighted by Gasteiger charge is -2.05. The SMILES string of the molecule is NNc1cnc(C(=O)NCCn2cccn2)cn1. The van der Waals surface area contributed by atoms with Gasteiger partial charge in [-0.1, -0.05) is 0 Å². The Bertz CT molecular complexity index is 493. The first-order chi connectivity index (χ1) is 8.79. The van der Waals surface area contributed by atoms with Gasteiger partial charge in [0.05, 0.1) is 18.9 Å². The summed E-state index contributed by atoms with van der Waals surface area (Å²) in [5.41, 5.74) is 2.58. The molecular formula is C10H13N7O. The molecule has 94 valence electrons. The van der Waals surface area contributed by atoms with Crippen molar-refractivity contribution in [1.29, 1.82) is 0 Å². The van der Waals surface area contributed by atoms with Crippen molar-refractivity contribution in [1.82, 2.24) is 25.1 Å². The van der Waals surface area contributed by atoms with Gasteiger partial charge in [0.15, 0.2) is 5.82 Å². The van der Waals surface area contributed by atoms with Crippen LogP contribution in [0.1, 0.15) is 10.5 Å². The Morgan fingerprint density at radius 2 is 2.28 bits per heavy atom. The summed E-state index contributed by atoms with van der Waals surface area (Å²) in [4.78, 5) is 19.5. The van der Waals surface area contributed by atoms with Gasteiger partial charge in [-0.15, -0.1) is 0 Å². The van der Waals surface area contributed by atoms with E-state index < -0.39 is 0 Å². The lowest BCUT2D eigenvalue weighted by atomic mass is 10.4. The fourth-order valence-corrected chi connectivity index (χ4v) is 1.33. The van der Waals surface area contributed by atoms with Crippen LogP contribution in [0, 0.1) is 0 Å². The molecule has 0 atom stereocenters. The van der Waals surface area contributed by atoms with Crippen LogP contribution in [0.25, 0.3) is 0 Å². The van der Waals surface area contributed by atoms with Gasteiger partial charge < -0.3 is 10.7 Å². The third-order valence-electron chi connectivity index (χ3n) is 2.22. The van der Waals surface area contributed by atoms with Crippen LogP contribution < -0.4 is 16.6 Å². The molecule has 0 bridgehead atoms. The van der Waals surface area contributed by atoms with E-state index in [1.807, 2.05) is 12.3 Å². The van der Waals surface area contributed by atoms with E-state index in [4.69, 9.17) is 5.84 Å². The second kappa shape index (κ2) is 5.73. The number of anilines is 1. The van der Waals surface area contributed by atoms with Crippen LogP contribution in [0.3, 0.4) is 0 Å². The molecule has 0 aromatic carbocycles. The normalized spacial score (nSPS) is 10.1. The minimum absolute atomic E-state index is 0.245. The van der Waals surface area contributed by atoms with Gasteiger partial charge in [0, 0.05) is 18.9 Å². The topological polar surface area (TPSA) is 111 Å². The Labute approximate surface area is 103 Å². The highest BCUT2D eigenvalue weighted by Crippen LogP contribution is 1.98. The van der Waals surface area contributed by atoms with Crippen molar-refractivity contribution in [2.24, 2.45) is 5.84 Å². The number of carbonyl (C=O) groups is 1. The fourth-order valence-electron chi connectivity index (χ4n) is 1.33. The molecule has 0 radical (unpaired) electrons. The number of nitrogen functional groups attached to an aromatic ring is 1. The highest BCUT2D eigenvalue weighted by molar-refractivity contribution is 5.91. The maximum atomic E-state index is 11.7. The molecule has 18 heavy (non-hydrogen) atoms. The van der Waals surface area contributed by atoms with Crippen LogP contribution in [0.15, 0.2) is 30.9 Å². The van der Waals surface area contributed by atoms with E-state index >= 15 is 0 Å². The number of nitrogens with two attached hydrogens (primary N) is 1. The van der Waals surface area contributed by atoms with Gasteiger partial charge in [-0.05, 0) is 6.07 Å². The molecule has 0 saturated heterocycles. The zero-order valence-corrected chi connectivity index (χ0v) is 9.58. The maximum absolute atomic E-state index is 11.7. The van der Waals surface area contributed by atoms with Gasteiger partial charge in [0.25, 0.3) is 5.91 Å². The molecular weight excluding hydrogens is 234 g/mol. The van der Waals surface area contributed by atoms with Crippen molar-refractivity contribution in [3.8, 4) is 0 Å². The van der Waals surface area contributed by atoms with Gasteiger partial charge in [0.1, 0.15) is 5.69 Å². The van der Waals surface area contributed by atoms with Crippen LogP contribution >= 0.6 is 0 Å². The first-order valence-corrected chi connectivity index (χ1v) is 5.34. The highest BCUT2D eigenvalue weighted by atomic mass is 16.1. The van der Waals surface area contributed by atoms with Crippen molar-refractivity contribution in [2.75, 3.05) is 12.0 Å². The number of nitrogens with zero attached hydrogens (tertiary/aromatic N) is 4. The van der Waals surface area contributed by atoms with E-state index in [1.54, 1.807) is 10.9 Å². The highest BCUT2D eigenvalue weighted by Gasteiger charge is 2.06. The summed E-state index contributed by atoms with van der Waals surface area (Å²) in [5, 5.41) is 6.74. The minimum Gasteiger partial charge on any atom is -0.349 e. The molecule has 2 heterocycles. The molecule has 0 unspecified atom stereocenters. The molecule has 2 aromatic heterocycles. The van der Waals surface area contributed by atoms with E-state index in [2.05, 4.69) is 25.8 Å². The first-order valence-electron chi connectivity index (χ1n) is 5.34. The molecule has 2 aromatic rings. The van der Waals surface area contributed by atoms with Crippen molar-refractivity contribution >= 4 is 11.7 Å². The van der Waals surface area contributed by atoms with Crippen LogP contribution in [0.5, 0.6) is 0 Å². The summed E-state index contributed by atoms with van der Waals surface area (Å²) in [6.45, 7) is 1.08. The summed E-state index contributed by atoms with van der Waals surface area (Å²) in [6, 6.07) is 1.83. The molecule has 0 aliphatic heterocycles. The third kappa shape index (κ3) is 3.01. The number of hydrogen-bond acceptors (Lipinski definition) is 6. The molecule has 8 nitrogen and oxygen atoms in total. The first kappa shape index (κ1) is 12.0. The van der Waals surface area contributed by atoms with Crippen molar-refractivity contribution in [3.63, 3.8) is 0 Å². The van der Waals surface area contributed by atoms with Crippen LogP contribution in [-0.2, 0) is 6.54 Å². The van der Waals surface area contributed by atoms with Crippen molar-refractivity contribution < 1.29 is 4.79 Å². The van der Waals surface area contributed by atoms with Crippen molar-refractivity contribution in [3.05, 3.63) is 36.5 Å².